The van der Waals surface area contributed by atoms with Gasteiger partial charge in [0.2, 0.25) is 33.0 Å². The van der Waals surface area contributed by atoms with E-state index < -0.39 is 118 Å². The van der Waals surface area contributed by atoms with Gasteiger partial charge in [-0.25, -0.2) is 18.2 Å². The van der Waals surface area contributed by atoms with Gasteiger partial charge in [-0.05, 0) is 94.3 Å². The molecule has 3 amide bonds. The number of aromatic amines is 1. The molecule has 0 radical (unpaired) electrons. The summed E-state index contributed by atoms with van der Waals surface area (Å²) in [4.78, 5) is 110. The van der Waals surface area contributed by atoms with Crippen molar-refractivity contribution in [2.24, 2.45) is 7.05 Å². The molecule has 0 aliphatic carbocycles. The van der Waals surface area contributed by atoms with Crippen molar-refractivity contribution in [1.82, 2.24) is 50.3 Å². The molecule has 0 aliphatic heterocycles. The van der Waals surface area contributed by atoms with E-state index in [1.165, 1.54) is 44.1 Å². The summed E-state index contributed by atoms with van der Waals surface area (Å²) in [5.41, 5.74) is 0.993. The number of H-pyrrole nitrogens is 1. The Morgan fingerprint density at radius 1 is 0.796 bits per heavy atom. The second-order valence-corrected chi connectivity index (χ2v) is 26.9. The molecule has 0 fully saturated rings. The number of aryl methyl sites for hydroxylation is 3. The van der Waals surface area contributed by atoms with Crippen LogP contribution in [0.3, 0.4) is 0 Å². The first-order valence-corrected chi connectivity index (χ1v) is 36.0. The van der Waals surface area contributed by atoms with E-state index in [2.05, 4.69) is 41.3 Å². The number of Topliss-reactive ketones (excluding diaryl/α,β-unsaturated/α-hetero) is 1. The number of pyridine rings is 1. The van der Waals surface area contributed by atoms with Crippen LogP contribution in [-0.2, 0) is 76.7 Å². The van der Waals surface area contributed by atoms with Crippen LogP contribution >= 0.6 is 0 Å². The summed E-state index contributed by atoms with van der Waals surface area (Å²) < 4.78 is 87.4. The van der Waals surface area contributed by atoms with Crippen LogP contribution in [0.4, 0.5) is 5.95 Å². The Bertz CT molecular complexity index is 3520. The van der Waals surface area contributed by atoms with Crippen molar-refractivity contribution in [3.63, 3.8) is 0 Å². The molecule has 0 bridgehead atoms. The number of hydrogen-bond acceptors (Lipinski definition) is 24. The molecule has 4 atom stereocenters. The largest absolute Gasteiger partial charge is 2.00 e. The maximum Gasteiger partial charge on any atom is 2.00 e. The SMILES string of the molecule is CC.CO.Cc1cc(OCCCC(=O)NCCCOCCOCCOCCCNC(=O)[C@H](CS(=O)(=O)O)NC(CCN(CO)CC[N+](C)(CC(=O)O)CC(=O)CO)CN(CC(=O)O)C(C)C)cc(C)c1S(=O)(=O)N[C@@H](CNC(=O)c1cn(C)c2cc(CNc3ncc[nH]3)ccc2c1=O)C(=O)O.O.[Gd+2]. The zero-order chi connectivity index (χ0) is 75.9. The first kappa shape index (κ1) is 96.7. The van der Waals surface area contributed by atoms with Crippen LogP contribution in [0.25, 0.3) is 10.9 Å². The monoisotopic (exact) mass is 1650 g/mol. The number of ether oxygens (including phenoxy) is 4. The van der Waals surface area contributed by atoms with Gasteiger partial charge in [0.1, 0.15) is 36.5 Å². The number of anilines is 1. The van der Waals surface area contributed by atoms with Gasteiger partial charge < -0.3 is 95.7 Å². The Balaban J connectivity index is 0.0000170. The number of aliphatic hydroxyl groups excluding tert-OH is 3. The molecule has 4 rings (SSSR count). The average Bonchev–Trinajstić information content (AvgIpc) is 1.24. The number of imidazole rings is 1. The fraction of sp³-hybridized carbons (Fsp3) is 0.609. The zero-order valence-electron chi connectivity index (χ0n) is 59.9. The van der Waals surface area contributed by atoms with Gasteiger partial charge in [-0.15, -0.1) is 0 Å². The second kappa shape index (κ2) is 51.0. The molecule has 103 heavy (non-hydrogen) atoms. The van der Waals surface area contributed by atoms with Gasteiger partial charge in [-0.2, -0.15) is 13.1 Å². The molecule has 4 aromatic rings. The van der Waals surface area contributed by atoms with Gasteiger partial charge in [0.15, 0.2) is 12.5 Å². The predicted octanol–water partition coefficient (Wildman–Crippen LogP) is -1.57. The fourth-order valence-corrected chi connectivity index (χ4v) is 12.6. The van der Waals surface area contributed by atoms with Crippen LogP contribution in [0.5, 0.6) is 5.75 Å². The van der Waals surface area contributed by atoms with Gasteiger partial charge in [0.05, 0.1) is 76.1 Å². The number of ketones is 1. The summed E-state index contributed by atoms with van der Waals surface area (Å²) in [5, 5.41) is 69.7. The first-order chi connectivity index (χ1) is 47.8. The minimum atomic E-state index is -4.73. The number of quaternary nitrogens is 1. The van der Waals surface area contributed by atoms with E-state index in [-0.39, 0.29) is 181 Å². The van der Waals surface area contributed by atoms with Crippen LogP contribution in [0, 0.1) is 53.8 Å². The summed E-state index contributed by atoms with van der Waals surface area (Å²) in [6.07, 6.45) is 6.00. The Hall–Kier alpha value is -6.35. The van der Waals surface area contributed by atoms with Gasteiger partial charge in [0, 0.05) is 116 Å². The number of nitrogens with one attached hydrogen (secondary N) is 7. The molecule has 2 heterocycles. The Morgan fingerprint density at radius 2 is 1.41 bits per heavy atom. The summed E-state index contributed by atoms with van der Waals surface area (Å²) in [6, 6.07) is 3.62. The molecule has 16 N–H and O–H groups in total. The summed E-state index contributed by atoms with van der Waals surface area (Å²) in [7, 11) is -5.05. The number of nitrogens with zero attached hydrogens (tertiary/aromatic N) is 5. The summed E-state index contributed by atoms with van der Waals surface area (Å²) in [6.45, 7) is 10.1. The van der Waals surface area contributed by atoms with E-state index in [0.29, 0.717) is 56.2 Å². The van der Waals surface area contributed by atoms with E-state index >= 15 is 0 Å². The van der Waals surface area contributed by atoms with Crippen molar-refractivity contribution in [1.29, 1.82) is 0 Å². The van der Waals surface area contributed by atoms with Crippen molar-refractivity contribution >= 4 is 78.4 Å². The number of fused-ring (bicyclic) bond motifs is 1. The number of benzene rings is 2. The van der Waals surface area contributed by atoms with E-state index in [1.807, 2.05) is 13.8 Å². The van der Waals surface area contributed by atoms with Crippen LogP contribution < -0.4 is 41.5 Å². The average molecular weight is 1650 g/mol. The van der Waals surface area contributed by atoms with Gasteiger partial charge in [-0.1, -0.05) is 19.9 Å². The van der Waals surface area contributed by atoms with Gasteiger partial charge in [0.25, 0.3) is 16.0 Å². The standard InChI is InChI=1S/C61H94N12O22S2.C2H6.CH4O.Gd.H2O/c1-41(2)72(35-54(78)79)33-45(13-18-71(40-75)19-20-73(6,37-55(80)81)36-46(76)38-74)68-51(39-96(87,88)89)59(84)63-15-9-22-93-25-27-94-26-24-92-21-8-14-62-53(77)10-7-23-95-47-28-42(3)57(43(4)29-47)97(90,91)69-50(60(85)86)32-66-58(83)49-34-70(5)52-30-44(11-12-48(52)56(49)82)31-67-61-64-16-17-65-61;2*1-2;;/h11-12,16-17,28-30,34,41,45,50-51,68-69,74-75H,7-10,13-15,18-27,31-33,35-40H2,1-6H3,(H8-,62,63,64,65,66,67,77,78,79,80,81,83,84,85,86,87,88,89);1-2H3;2H,1H3;;1H2/q;;;+2;/p+1/t45?,50-,51-,73?;;;;/m0..../s1. The molecule has 36 nitrogen and oxygen atoms in total. The molecule has 0 spiro atoms. The van der Waals surface area contributed by atoms with E-state index in [9.17, 15) is 85.3 Å². The number of hydrogen-bond donors (Lipinski definition) is 14. The molecule has 39 heteroatoms. The molecule has 584 valence electrons. The quantitative estimate of drug-likeness (QED) is 0.0103. The maximum absolute atomic E-state index is 13.7. The number of aliphatic carboxylic acids is 3. The number of carbonyl (C=O) groups excluding carboxylic acids is 4. The van der Waals surface area contributed by atoms with E-state index in [1.54, 1.807) is 61.0 Å². The zero-order valence-corrected chi connectivity index (χ0v) is 63.8. The molecular formula is C64H107GdN12O24S2+3. The van der Waals surface area contributed by atoms with Crippen LogP contribution in [0.2, 0.25) is 0 Å². The summed E-state index contributed by atoms with van der Waals surface area (Å²) in [5.74, 6) is -6.50. The molecule has 0 aliphatic rings. The predicted molar refractivity (Wildman–Crippen MR) is 376 cm³/mol. The fourth-order valence-electron chi connectivity index (χ4n) is 10.3. The molecule has 2 unspecified atom stereocenters. The number of carboxylic acid groups (broad SMARTS) is 3. The normalized spacial score (nSPS) is 12.8. The topological polar surface area (TPSA) is 527 Å². The molecule has 0 saturated heterocycles. The van der Waals surface area contributed by atoms with Crippen molar-refractivity contribution in [3.05, 3.63) is 81.4 Å². The first-order valence-electron chi connectivity index (χ1n) is 32.9. The number of amides is 3. The minimum absolute atomic E-state index is 0. The number of aromatic nitrogens is 3. The maximum atomic E-state index is 13.7. The number of carboxylic acids is 3. The third-order valence-electron chi connectivity index (χ3n) is 15.2. The minimum Gasteiger partial charge on any atom is -0.494 e. The number of likely N-dealkylation sites (N-methyl/N-ethyl adjacent to an activating group) is 1. The second-order valence-electron chi connectivity index (χ2n) is 23.8. The van der Waals surface area contributed by atoms with Gasteiger partial charge in [-0.3, -0.25) is 47.9 Å². The van der Waals surface area contributed by atoms with Crippen molar-refractivity contribution < 1.29 is 154 Å². The number of sulfonamides is 1. The number of rotatable bonds is 51. The number of aliphatic hydroxyl groups is 3. The van der Waals surface area contributed by atoms with Crippen LogP contribution in [0.15, 0.2) is 58.6 Å². The van der Waals surface area contributed by atoms with Crippen molar-refractivity contribution in [3.8, 4) is 5.75 Å². The molecule has 2 aromatic heterocycles. The summed E-state index contributed by atoms with van der Waals surface area (Å²) >= 11 is 0. The Kier molecular flexibility index (Phi) is 47.8. The third-order valence-corrected chi connectivity index (χ3v) is 17.7. The van der Waals surface area contributed by atoms with Crippen LogP contribution in [-0.4, -0.2) is 297 Å². The molecular weight excluding hydrogens is 1540 g/mol. The van der Waals surface area contributed by atoms with Crippen molar-refractivity contribution in [2.45, 2.75) is 109 Å². The molecule has 2 aromatic carbocycles. The van der Waals surface area contributed by atoms with Crippen molar-refractivity contribution in [2.75, 3.05) is 150 Å². The number of carbonyl (C=O) groups is 7. The molecule has 0 saturated carbocycles. The van der Waals surface area contributed by atoms with E-state index in [4.69, 9.17) is 24.1 Å². The Morgan fingerprint density at radius 3 is 1.95 bits per heavy atom. The third kappa shape index (κ3) is 37.5. The Labute approximate surface area is 632 Å². The smallest absolute Gasteiger partial charge is 0.494 e. The van der Waals surface area contributed by atoms with Gasteiger partial charge >= 0.3 is 57.8 Å². The van der Waals surface area contributed by atoms with Crippen LogP contribution in [0.1, 0.15) is 86.8 Å². The van der Waals surface area contributed by atoms with E-state index in [0.717, 1.165) is 12.7 Å².